The van der Waals surface area contributed by atoms with Gasteiger partial charge in [-0.3, -0.25) is 34.1 Å². The van der Waals surface area contributed by atoms with E-state index in [1.807, 2.05) is 29.0 Å². The summed E-state index contributed by atoms with van der Waals surface area (Å²) in [4.78, 5) is 64.6. The molecule has 3 amide bonds. The summed E-state index contributed by atoms with van der Waals surface area (Å²) in [5.41, 5.74) is 2.65. The van der Waals surface area contributed by atoms with E-state index in [-0.39, 0.29) is 49.7 Å². The molecule has 65 heavy (non-hydrogen) atoms. The number of fused-ring (bicyclic) bond motifs is 2. The Morgan fingerprint density at radius 1 is 1.00 bits per heavy atom. The van der Waals surface area contributed by atoms with Crippen LogP contribution >= 0.6 is 0 Å². The number of aliphatic hydroxyl groups excluding tert-OH is 1. The smallest absolute Gasteiger partial charge is 0.301 e. The number of piperidine rings is 1. The molecule has 0 saturated carbocycles. The fourth-order valence-corrected chi connectivity index (χ4v) is 10.3. The molecule has 0 spiro atoms. The van der Waals surface area contributed by atoms with Gasteiger partial charge < -0.3 is 24.6 Å². The number of methoxy groups -OCH3 is 1. The molecule has 340 valence electrons. The number of aliphatic hydroxyl groups is 1. The van der Waals surface area contributed by atoms with Crippen LogP contribution in [0.15, 0.2) is 67.0 Å². The summed E-state index contributed by atoms with van der Waals surface area (Å²) < 4.78 is 78.6. The van der Waals surface area contributed by atoms with Gasteiger partial charge in [0.2, 0.25) is 17.6 Å². The van der Waals surface area contributed by atoms with Crippen molar-refractivity contribution in [2.75, 3.05) is 62.5 Å². The Hall–Kier alpha value is -6.35. The molecule has 0 bridgehead atoms. The molecule has 3 fully saturated rings. The van der Waals surface area contributed by atoms with Gasteiger partial charge >= 0.3 is 10.2 Å². The molecule has 4 aliphatic rings. The second-order valence-electron chi connectivity index (χ2n) is 16.6. The number of hydrogen-bond donors (Lipinski definition) is 4. The Morgan fingerprint density at radius 2 is 1.77 bits per heavy atom. The van der Waals surface area contributed by atoms with E-state index in [1.165, 1.54) is 18.2 Å². The molecule has 4 N–H and O–H groups in total. The van der Waals surface area contributed by atoms with Gasteiger partial charge in [-0.1, -0.05) is 18.2 Å². The van der Waals surface area contributed by atoms with E-state index < -0.39 is 69.6 Å². The minimum atomic E-state index is -4.37. The molecule has 3 saturated heterocycles. The Kier molecular flexibility index (Phi) is 11.9. The summed E-state index contributed by atoms with van der Waals surface area (Å²) in [5.74, 6) is -4.50. The summed E-state index contributed by atoms with van der Waals surface area (Å²) in [6, 6.07) is 13.8. The first-order chi connectivity index (χ1) is 31.2. The third-order valence-corrected chi connectivity index (χ3v) is 14.1. The maximum absolute atomic E-state index is 15.8. The Balaban J connectivity index is 0.818. The van der Waals surface area contributed by atoms with Crippen molar-refractivity contribution < 1.29 is 50.6 Å². The summed E-state index contributed by atoms with van der Waals surface area (Å²) >= 11 is 0. The van der Waals surface area contributed by atoms with Gasteiger partial charge in [0, 0.05) is 93.4 Å². The lowest BCUT2D eigenvalue weighted by molar-refractivity contribution is -0.136. The zero-order chi connectivity index (χ0) is 45.7. The van der Waals surface area contributed by atoms with Crippen LogP contribution in [0.5, 0.6) is 5.75 Å². The fraction of sp³-hybridized carbons (Fsp3) is 0.356. The van der Waals surface area contributed by atoms with E-state index in [1.54, 1.807) is 24.4 Å². The van der Waals surface area contributed by atoms with Crippen molar-refractivity contribution in [3.8, 4) is 16.9 Å². The number of nitrogens with one attached hydrogen (secondary N) is 3. The van der Waals surface area contributed by atoms with E-state index in [9.17, 15) is 37.1 Å². The third-order valence-electron chi connectivity index (χ3n) is 12.6. The average molecular weight is 915 g/mol. The number of ether oxygens (including phenoxy) is 1. The van der Waals surface area contributed by atoms with Gasteiger partial charge in [0.15, 0.2) is 5.82 Å². The van der Waals surface area contributed by atoms with Gasteiger partial charge in [-0.2, -0.15) is 12.7 Å². The van der Waals surface area contributed by atoms with Crippen LogP contribution in [0.4, 0.5) is 24.5 Å². The number of ketones is 1. The molecule has 6 heterocycles. The first-order valence-corrected chi connectivity index (χ1v) is 22.7. The van der Waals surface area contributed by atoms with Crippen LogP contribution in [0.25, 0.3) is 22.2 Å². The van der Waals surface area contributed by atoms with E-state index in [2.05, 4.69) is 25.1 Å². The molecule has 2 aromatic heterocycles. The molecule has 3 aromatic carbocycles. The number of carbonyl (C=O) groups excluding carboxylic acids is 4. The number of pyridine rings is 1. The van der Waals surface area contributed by atoms with Crippen molar-refractivity contribution in [3.63, 3.8) is 0 Å². The molecule has 5 aromatic rings. The minimum Gasteiger partial charge on any atom is -0.496 e. The quantitative estimate of drug-likeness (QED) is 0.0962. The second-order valence-corrected chi connectivity index (χ2v) is 18.3. The van der Waals surface area contributed by atoms with Crippen LogP contribution in [-0.4, -0.2) is 126 Å². The highest BCUT2D eigenvalue weighted by atomic mass is 32.2. The van der Waals surface area contributed by atoms with Crippen molar-refractivity contribution in [2.45, 2.75) is 50.5 Å². The highest BCUT2D eigenvalue weighted by molar-refractivity contribution is 7.90. The maximum Gasteiger partial charge on any atom is 0.301 e. The van der Waals surface area contributed by atoms with E-state index >= 15 is 8.78 Å². The van der Waals surface area contributed by atoms with Gasteiger partial charge in [0.05, 0.1) is 30.0 Å². The lowest BCUT2D eigenvalue weighted by atomic mass is 9.99. The number of aromatic nitrogens is 2. The first kappa shape index (κ1) is 43.9. The van der Waals surface area contributed by atoms with Crippen LogP contribution in [0.3, 0.4) is 0 Å². The molecule has 20 heteroatoms. The second kappa shape index (κ2) is 17.6. The highest BCUT2D eigenvalue weighted by Crippen LogP contribution is 2.37. The number of piperazine rings is 1. The van der Waals surface area contributed by atoms with Gasteiger partial charge in [-0.25, -0.2) is 18.2 Å². The zero-order valence-corrected chi connectivity index (χ0v) is 36.0. The highest BCUT2D eigenvalue weighted by Gasteiger charge is 2.41. The number of nitrogens with zero attached hydrogens (tertiary/aromatic N) is 5. The first-order valence-electron chi connectivity index (χ1n) is 21.2. The number of alkyl halides is 1. The van der Waals surface area contributed by atoms with Crippen molar-refractivity contribution >= 4 is 56.1 Å². The number of benzene rings is 3. The largest absolute Gasteiger partial charge is 0.496 e. The molecular weight excluding hydrogens is 870 g/mol. The number of carbonyl (C=O) groups is 4. The van der Waals surface area contributed by atoms with Gasteiger partial charge in [-0.15, -0.1) is 0 Å². The number of anilines is 2. The summed E-state index contributed by atoms with van der Waals surface area (Å²) in [7, 11) is -2.91. The predicted octanol–water partition coefficient (Wildman–Crippen LogP) is 4.45. The number of H-pyrrole nitrogens is 1. The number of amides is 3. The van der Waals surface area contributed by atoms with Crippen molar-refractivity contribution in [3.05, 3.63) is 106 Å². The van der Waals surface area contributed by atoms with Crippen LogP contribution in [-0.2, 0) is 26.3 Å². The molecule has 9 rings (SSSR count). The molecular formula is C45H45F3N8O8S. The average Bonchev–Trinajstić information content (AvgIpc) is 4.03. The molecule has 0 aliphatic carbocycles. The van der Waals surface area contributed by atoms with Crippen molar-refractivity contribution in [2.24, 2.45) is 0 Å². The zero-order valence-electron chi connectivity index (χ0n) is 35.2. The Bertz CT molecular complexity index is 2840. The molecule has 16 nitrogen and oxygen atoms in total. The molecule has 0 unspecified atom stereocenters. The number of hydrogen-bond acceptors (Lipinski definition) is 11. The predicted molar refractivity (Wildman–Crippen MR) is 232 cm³/mol. The SMILES string of the molecule is COc1cc([C@H](O)CCN2CCN(c3ccc(-c4cnc5[nH]cc(C(=O)c6c(F)ccc(NS(=O)(=O)N7CC[C@@H](F)C7)c6F)c5c4)cc3)CC2)cc2c1C(=O)N([C@H]1CCC(=O)NC1=O)C2. The van der Waals surface area contributed by atoms with E-state index in [0.29, 0.717) is 52.0 Å². The summed E-state index contributed by atoms with van der Waals surface area (Å²) in [6.45, 7) is 3.24. The monoisotopic (exact) mass is 914 g/mol. The summed E-state index contributed by atoms with van der Waals surface area (Å²) in [5, 5.41) is 13.9. The number of rotatable bonds is 13. The lowest BCUT2D eigenvalue weighted by Gasteiger charge is -2.36. The maximum atomic E-state index is 15.8. The minimum absolute atomic E-state index is 0.00822. The molecule has 4 aliphatic heterocycles. The summed E-state index contributed by atoms with van der Waals surface area (Å²) in [6.07, 6.45) is 1.54. The molecule has 3 atom stereocenters. The van der Waals surface area contributed by atoms with Crippen molar-refractivity contribution in [1.82, 2.24) is 29.4 Å². The van der Waals surface area contributed by atoms with Gasteiger partial charge in [0.25, 0.3) is 5.91 Å². The Labute approximate surface area is 371 Å². The Morgan fingerprint density at radius 3 is 2.48 bits per heavy atom. The van der Waals surface area contributed by atoms with E-state index in [0.717, 1.165) is 53.9 Å². The number of halogens is 3. The van der Waals surface area contributed by atoms with Gasteiger partial charge in [0.1, 0.15) is 29.4 Å². The van der Waals surface area contributed by atoms with Crippen LogP contribution in [0, 0.1) is 11.6 Å². The van der Waals surface area contributed by atoms with E-state index in [4.69, 9.17) is 4.74 Å². The standard InChI is InChI=1S/C45H45F3N8O8S/c1-64-37-20-26(18-28-23-56(45(61)39(28)37)35-8-9-38(58)51-44(35)60)36(57)11-12-53-14-16-54(17-15-53)30-4-2-25(3-5-30)27-19-31-32(22-50-43(31)49-21-27)42(59)40-33(47)6-7-34(41(40)48)52-65(62,63)55-13-10-29(46)24-55/h2-7,18-22,29,35-36,52,57H,8-17,23-24H2,1H3,(H,49,50)(H,51,58,60)/t29-,35+,36-/m1/s1. The van der Waals surface area contributed by atoms with Crippen molar-refractivity contribution in [1.29, 1.82) is 0 Å². The van der Waals surface area contributed by atoms with Crippen LogP contribution < -0.4 is 19.7 Å². The fourth-order valence-electron chi connectivity index (χ4n) is 9.05. The lowest BCUT2D eigenvalue weighted by Crippen LogP contribution is -2.52. The van der Waals surface area contributed by atoms with Crippen LogP contribution in [0.1, 0.15) is 69.2 Å². The number of aromatic amines is 1. The molecule has 0 radical (unpaired) electrons. The van der Waals surface area contributed by atoms with Gasteiger partial charge in [-0.05, 0) is 72.4 Å². The topological polar surface area (TPSA) is 198 Å². The third kappa shape index (κ3) is 8.53. The van der Waals surface area contributed by atoms with Crippen LogP contribution in [0.2, 0.25) is 0 Å². The number of imide groups is 1. The normalized spacial score (nSPS) is 20.0.